The van der Waals surface area contributed by atoms with Crippen LogP contribution in [0.1, 0.15) is 40.0 Å². The minimum Gasteiger partial charge on any atom is -0.444 e. The van der Waals surface area contributed by atoms with Crippen molar-refractivity contribution in [1.82, 2.24) is 5.32 Å². The van der Waals surface area contributed by atoms with E-state index in [4.69, 9.17) is 4.74 Å². The zero-order valence-corrected chi connectivity index (χ0v) is 11.3. The number of carbonyl (C=O) groups is 1. The molecule has 4 heteroatoms. The van der Waals surface area contributed by atoms with E-state index in [-0.39, 0.29) is 12.1 Å². The van der Waals surface area contributed by atoms with Crippen LogP contribution in [0.3, 0.4) is 0 Å². The van der Waals surface area contributed by atoms with E-state index in [2.05, 4.69) is 21.2 Å². The van der Waals surface area contributed by atoms with Crippen LogP contribution in [0.4, 0.5) is 4.79 Å². The van der Waals surface area contributed by atoms with Gasteiger partial charge in [-0.1, -0.05) is 15.9 Å². The second kappa shape index (κ2) is 5.19. The first-order valence-electron chi connectivity index (χ1n) is 5.48. The Morgan fingerprint density at radius 1 is 1.53 bits per heavy atom. The first kappa shape index (κ1) is 12.8. The molecule has 1 fully saturated rings. The predicted octanol–water partition coefficient (Wildman–Crippen LogP) is 3.07. The monoisotopic (exact) mass is 277 g/mol. The quantitative estimate of drug-likeness (QED) is 0.802. The van der Waals surface area contributed by atoms with E-state index < -0.39 is 5.60 Å². The third-order valence-electron chi connectivity index (χ3n) is 2.31. The maximum Gasteiger partial charge on any atom is 0.407 e. The van der Waals surface area contributed by atoms with Crippen LogP contribution in [0.25, 0.3) is 0 Å². The number of amides is 1. The molecule has 1 N–H and O–H groups in total. The SMILES string of the molecule is CC(C)(C)OC(=O)NC(CCBr)C1CC1. The highest BCUT2D eigenvalue weighted by Crippen LogP contribution is 2.34. The van der Waals surface area contributed by atoms with Gasteiger partial charge in [0.05, 0.1) is 0 Å². The molecule has 15 heavy (non-hydrogen) atoms. The standard InChI is InChI=1S/C11H20BrNO2/c1-11(2,3)15-10(14)13-9(6-7-12)8-4-5-8/h8-9H,4-7H2,1-3H3,(H,13,14). The highest BCUT2D eigenvalue weighted by molar-refractivity contribution is 9.09. The number of hydrogen-bond acceptors (Lipinski definition) is 2. The minimum atomic E-state index is -0.410. The number of alkyl halides is 1. The van der Waals surface area contributed by atoms with Crippen molar-refractivity contribution in [1.29, 1.82) is 0 Å². The summed E-state index contributed by atoms with van der Waals surface area (Å²) in [4.78, 5) is 11.5. The molecule has 0 heterocycles. The summed E-state index contributed by atoms with van der Waals surface area (Å²) in [5, 5.41) is 3.87. The van der Waals surface area contributed by atoms with Crippen molar-refractivity contribution in [3.05, 3.63) is 0 Å². The van der Waals surface area contributed by atoms with Gasteiger partial charge in [-0.15, -0.1) is 0 Å². The van der Waals surface area contributed by atoms with Gasteiger partial charge in [0.15, 0.2) is 0 Å². The number of rotatable bonds is 4. The van der Waals surface area contributed by atoms with E-state index in [1.807, 2.05) is 20.8 Å². The average Bonchev–Trinajstić information content (AvgIpc) is 2.81. The third kappa shape index (κ3) is 5.40. The molecule has 1 unspecified atom stereocenters. The number of halogens is 1. The second-order valence-electron chi connectivity index (χ2n) is 5.07. The van der Waals surface area contributed by atoms with Gasteiger partial charge in [0.25, 0.3) is 0 Å². The molecule has 1 saturated carbocycles. The second-order valence-corrected chi connectivity index (χ2v) is 5.86. The van der Waals surface area contributed by atoms with Crippen molar-refractivity contribution < 1.29 is 9.53 Å². The Morgan fingerprint density at radius 2 is 2.13 bits per heavy atom. The molecule has 0 aromatic carbocycles. The molecule has 0 saturated heterocycles. The van der Waals surface area contributed by atoms with Crippen molar-refractivity contribution in [3.8, 4) is 0 Å². The Balaban J connectivity index is 2.33. The van der Waals surface area contributed by atoms with Crippen molar-refractivity contribution in [2.24, 2.45) is 5.92 Å². The lowest BCUT2D eigenvalue weighted by Gasteiger charge is -2.23. The third-order valence-corrected chi connectivity index (χ3v) is 2.77. The number of alkyl carbamates (subject to hydrolysis) is 1. The summed E-state index contributed by atoms with van der Waals surface area (Å²) in [5.74, 6) is 0.662. The van der Waals surface area contributed by atoms with Gasteiger partial charge in [-0.25, -0.2) is 4.79 Å². The van der Waals surface area contributed by atoms with Gasteiger partial charge in [-0.05, 0) is 46.0 Å². The van der Waals surface area contributed by atoms with E-state index in [1.54, 1.807) is 0 Å². The summed E-state index contributed by atoms with van der Waals surface area (Å²) in [6.45, 7) is 5.63. The smallest absolute Gasteiger partial charge is 0.407 e. The molecule has 0 bridgehead atoms. The van der Waals surface area contributed by atoms with Gasteiger partial charge in [-0.2, -0.15) is 0 Å². The van der Waals surface area contributed by atoms with Gasteiger partial charge in [0.1, 0.15) is 5.60 Å². The Labute approximate surface area is 100 Å². The van der Waals surface area contributed by atoms with Gasteiger partial charge < -0.3 is 10.1 Å². The van der Waals surface area contributed by atoms with Crippen LogP contribution in [-0.4, -0.2) is 23.1 Å². The molecular weight excluding hydrogens is 258 g/mol. The maximum absolute atomic E-state index is 11.5. The van der Waals surface area contributed by atoms with E-state index in [9.17, 15) is 4.79 Å². The summed E-state index contributed by atoms with van der Waals surface area (Å²) in [7, 11) is 0. The zero-order valence-electron chi connectivity index (χ0n) is 9.68. The first-order valence-corrected chi connectivity index (χ1v) is 6.60. The highest BCUT2D eigenvalue weighted by atomic mass is 79.9. The van der Waals surface area contributed by atoms with Crippen LogP contribution in [0, 0.1) is 5.92 Å². The summed E-state index contributed by atoms with van der Waals surface area (Å²) < 4.78 is 5.23. The van der Waals surface area contributed by atoms with Crippen molar-refractivity contribution in [3.63, 3.8) is 0 Å². The summed E-state index contributed by atoms with van der Waals surface area (Å²) >= 11 is 3.41. The van der Waals surface area contributed by atoms with E-state index in [0.717, 1.165) is 11.8 Å². The molecule has 3 nitrogen and oxygen atoms in total. The zero-order chi connectivity index (χ0) is 11.5. The van der Waals surface area contributed by atoms with Crippen LogP contribution in [0.2, 0.25) is 0 Å². The van der Waals surface area contributed by atoms with Crippen LogP contribution in [0.15, 0.2) is 0 Å². The largest absolute Gasteiger partial charge is 0.444 e. The lowest BCUT2D eigenvalue weighted by Crippen LogP contribution is -2.40. The summed E-state index contributed by atoms with van der Waals surface area (Å²) in [6.07, 6.45) is 3.14. The lowest BCUT2D eigenvalue weighted by atomic mass is 10.1. The Bertz CT molecular complexity index is 221. The topological polar surface area (TPSA) is 38.3 Å². The van der Waals surface area contributed by atoms with E-state index >= 15 is 0 Å². The molecule has 0 aromatic heterocycles. The number of hydrogen-bond donors (Lipinski definition) is 1. The molecule has 1 atom stereocenters. The fourth-order valence-electron chi connectivity index (χ4n) is 1.50. The summed E-state index contributed by atoms with van der Waals surface area (Å²) in [5.41, 5.74) is -0.410. The first-order chi connectivity index (χ1) is 6.92. The molecule has 1 aliphatic rings. The molecule has 0 aromatic rings. The number of nitrogens with one attached hydrogen (secondary N) is 1. The number of ether oxygens (including phenoxy) is 1. The molecule has 0 aliphatic heterocycles. The lowest BCUT2D eigenvalue weighted by molar-refractivity contribution is 0.0497. The molecule has 0 spiro atoms. The van der Waals surface area contributed by atoms with Crippen LogP contribution < -0.4 is 5.32 Å². The fourth-order valence-corrected chi connectivity index (χ4v) is 1.99. The molecular formula is C11H20BrNO2. The Hall–Kier alpha value is -0.250. The maximum atomic E-state index is 11.5. The number of carbonyl (C=O) groups excluding carboxylic acids is 1. The molecule has 1 amide bonds. The molecule has 0 radical (unpaired) electrons. The molecule has 88 valence electrons. The van der Waals surface area contributed by atoms with Crippen molar-refractivity contribution in [2.75, 3.05) is 5.33 Å². The van der Waals surface area contributed by atoms with Gasteiger partial charge in [-0.3, -0.25) is 0 Å². The van der Waals surface area contributed by atoms with Gasteiger partial charge in [0, 0.05) is 11.4 Å². The molecule has 1 aliphatic carbocycles. The average molecular weight is 278 g/mol. The van der Waals surface area contributed by atoms with Gasteiger partial charge >= 0.3 is 6.09 Å². The van der Waals surface area contributed by atoms with E-state index in [0.29, 0.717) is 5.92 Å². The highest BCUT2D eigenvalue weighted by Gasteiger charge is 2.32. The Kier molecular flexibility index (Phi) is 4.44. The molecule has 1 rings (SSSR count). The van der Waals surface area contributed by atoms with Crippen LogP contribution >= 0.6 is 15.9 Å². The van der Waals surface area contributed by atoms with Crippen LogP contribution in [0.5, 0.6) is 0 Å². The summed E-state index contributed by atoms with van der Waals surface area (Å²) in [6, 6.07) is 0.277. The minimum absolute atomic E-state index is 0.277. The normalized spacial score (nSPS) is 18.4. The van der Waals surface area contributed by atoms with E-state index in [1.165, 1.54) is 12.8 Å². The van der Waals surface area contributed by atoms with Gasteiger partial charge in [0.2, 0.25) is 0 Å². The Morgan fingerprint density at radius 3 is 2.53 bits per heavy atom. The van der Waals surface area contributed by atoms with Crippen LogP contribution in [-0.2, 0) is 4.74 Å². The predicted molar refractivity (Wildman–Crippen MR) is 64.3 cm³/mol. The fraction of sp³-hybridized carbons (Fsp3) is 0.909. The van der Waals surface area contributed by atoms with Crippen molar-refractivity contribution in [2.45, 2.75) is 51.7 Å². The van der Waals surface area contributed by atoms with Crippen molar-refractivity contribution >= 4 is 22.0 Å².